The molecule has 1 saturated carbocycles. The number of hydrogen-bond donors (Lipinski definition) is 2. The fourth-order valence-electron chi connectivity index (χ4n) is 5.09. The normalized spacial score (nSPS) is 16.9. The van der Waals surface area contributed by atoms with Crippen molar-refractivity contribution in [3.05, 3.63) is 99.8 Å². The summed E-state index contributed by atoms with van der Waals surface area (Å²) in [6.45, 7) is 1.03. The number of rotatable bonds is 9. The molecule has 0 aliphatic heterocycles. The van der Waals surface area contributed by atoms with E-state index in [9.17, 15) is 14.4 Å². The molecule has 0 spiro atoms. The lowest BCUT2D eigenvalue weighted by Gasteiger charge is -2.28. The van der Waals surface area contributed by atoms with Crippen LogP contribution in [-0.4, -0.2) is 27.1 Å². The molecule has 40 heavy (non-hydrogen) atoms. The van der Waals surface area contributed by atoms with E-state index in [0.29, 0.717) is 39.9 Å². The maximum absolute atomic E-state index is 13.5. The minimum Gasteiger partial charge on any atom is -0.352 e. The van der Waals surface area contributed by atoms with Crippen molar-refractivity contribution in [2.45, 2.75) is 43.9 Å². The van der Waals surface area contributed by atoms with Gasteiger partial charge in [-0.15, -0.1) is 0 Å². The van der Waals surface area contributed by atoms with Crippen molar-refractivity contribution in [2.75, 3.05) is 11.1 Å². The minimum absolute atomic E-state index is 0.0197. The third-order valence-electron chi connectivity index (χ3n) is 7.27. The molecule has 4 aromatic rings. The Morgan fingerprint density at radius 1 is 0.925 bits per heavy atom. The molecule has 1 aliphatic rings. The topological polar surface area (TPSA) is 93.1 Å². The Morgan fingerprint density at radius 3 is 2.40 bits per heavy atom. The number of nitrogens with one attached hydrogen (secondary N) is 2. The van der Waals surface area contributed by atoms with Crippen LogP contribution in [0.25, 0.3) is 10.9 Å². The van der Waals surface area contributed by atoms with Crippen LogP contribution in [0.3, 0.4) is 0 Å². The van der Waals surface area contributed by atoms with Gasteiger partial charge in [-0.05, 0) is 61.4 Å². The van der Waals surface area contributed by atoms with Gasteiger partial charge in [-0.2, -0.15) is 0 Å². The van der Waals surface area contributed by atoms with E-state index in [1.54, 1.807) is 34.9 Å². The Balaban J connectivity index is 1.24. The largest absolute Gasteiger partial charge is 0.352 e. The number of amides is 2. The van der Waals surface area contributed by atoms with Crippen LogP contribution in [0, 0.1) is 11.8 Å². The summed E-state index contributed by atoms with van der Waals surface area (Å²) in [5, 5.41) is 7.43. The molecule has 1 heterocycles. The molecule has 5 rings (SSSR count). The highest BCUT2D eigenvalue weighted by Crippen LogP contribution is 2.31. The van der Waals surface area contributed by atoms with Crippen molar-refractivity contribution in [1.29, 1.82) is 0 Å². The van der Waals surface area contributed by atoms with Crippen LogP contribution in [0.2, 0.25) is 5.02 Å². The highest BCUT2D eigenvalue weighted by atomic mass is 35.5. The van der Waals surface area contributed by atoms with Gasteiger partial charge in [0.1, 0.15) is 0 Å². The van der Waals surface area contributed by atoms with E-state index in [-0.39, 0.29) is 35.0 Å². The van der Waals surface area contributed by atoms with Gasteiger partial charge in [0.25, 0.3) is 5.56 Å². The number of thioether (sulfide) groups is 1. The summed E-state index contributed by atoms with van der Waals surface area (Å²) < 4.78 is 1.70. The van der Waals surface area contributed by atoms with Gasteiger partial charge < -0.3 is 10.6 Å². The summed E-state index contributed by atoms with van der Waals surface area (Å²) in [5.41, 5.74) is 2.13. The SMILES string of the molecule is O=C(CSc1nc2ccccc2c(=O)n1CC1CCC(C(=O)NCc2ccccc2)CC1)Nc1ccccc1Cl. The van der Waals surface area contributed by atoms with E-state index in [4.69, 9.17) is 16.6 Å². The highest BCUT2D eigenvalue weighted by molar-refractivity contribution is 7.99. The first kappa shape index (κ1) is 27.9. The Hall–Kier alpha value is -3.62. The van der Waals surface area contributed by atoms with Gasteiger partial charge in [-0.1, -0.05) is 78.0 Å². The minimum atomic E-state index is -0.228. The smallest absolute Gasteiger partial charge is 0.262 e. The average Bonchev–Trinajstić information content (AvgIpc) is 2.98. The first-order valence-electron chi connectivity index (χ1n) is 13.5. The highest BCUT2D eigenvalue weighted by Gasteiger charge is 2.27. The Labute approximate surface area is 242 Å². The third kappa shape index (κ3) is 6.92. The molecule has 0 saturated heterocycles. The van der Waals surface area contributed by atoms with Gasteiger partial charge in [-0.3, -0.25) is 19.0 Å². The quantitative estimate of drug-likeness (QED) is 0.192. The second kappa shape index (κ2) is 13.2. The van der Waals surface area contributed by atoms with Crippen molar-refractivity contribution in [1.82, 2.24) is 14.9 Å². The molecule has 0 radical (unpaired) electrons. The summed E-state index contributed by atoms with van der Waals surface area (Å²) in [5.74, 6) is 0.176. The van der Waals surface area contributed by atoms with Crippen LogP contribution in [0.15, 0.2) is 88.8 Å². The Bertz CT molecular complexity index is 1550. The van der Waals surface area contributed by atoms with Gasteiger partial charge in [-0.25, -0.2) is 4.98 Å². The maximum Gasteiger partial charge on any atom is 0.262 e. The number of anilines is 1. The summed E-state index contributed by atoms with van der Waals surface area (Å²) in [4.78, 5) is 43.7. The van der Waals surface area contributed by atoms with E-state index in [1.807, 2.05) is 48.5 Å². The lowest BCUT2D eigenvalue weighted by atomic mass is 9.81. The number of aromatic nitrogens is 2. The van der Waals surface area contributed by atoms with E-state index in [2.05, 4.69) is 10.6 Å². The number of benzene rings is 3. The maximum atomic E-state index is 13.5. The van der Waals surface area contributed by atoms with E-state index < -0.39 is 0 Å². The standard InChI is InChI=1S/C31H31ClN4O3S/c32-25-11-5-7-13-27(25)34-28(37)20-40-31-35-26-12-6-4-10-24(26)30(39)36(31)19-22-14-16-23(17-15-22)29(38)33-18-21-8-2-1-3-9-21/h1-13,22-23H,14-20H2,(H,33,38)(H,34,37). The van der Waals surface area contributed by atoms with Crippen LogP contribution in [0.5, 0.6) is 0 Å². The van der Waals surface area contributed by atoms with E-state index in [0.717, 1.165) is 31.2 Å². The molecular formula is C31H31ClN4O3S. The second-order valence-electron chi connectivity index (χ2n) is 10.1. The Kier molecular flexibility index (Phi) is 9.19. The van der Waals surface area contributed by atoms with Gasteiger partial charge in [0.15, 0.2) is 5.16 Å². The summed E-state index contributed by atoms with van der Waals surface area (Å²) in [7, 11) is 0. The van der Waals surface area contributed by atoms with Crippen LogP contribution in [0.1, 0.15) is 31.2 Å². The predicted molar refractivity (Wildman–Crippen MR) is 161 cm³/mol. The summed E-state index contributed by atoms with van der Waals surface area (Å²) in [6, 6.07) is 24.2. The second-order valence-corrected chi connectivity index (χ2v) is 11.4. The molecule has 206 valence electrons. The van der Waals surface area contributed by atoms with Crippen molar-refractivity contribution >= 4 is 51.8 Å². The average molecular weight is 575 g/mol. The Morgan fingerprint density at radius 2 is 1.62 bits per heavy atom. The van der Waals surface area contributed by atoms with Gasteiger partial charge in [0.05, 0.1) is 27.4 Å². The first-order chi connectivity index (χ1) is 19.5. The van der Waals surface area contributed by atoms with Crippen LogP contribution >= 0.6 is 23.4 Å². The number of carbonyl (C=O) groups excluding carboxylic acids is 2. The number of carbonyl (C=O) groups is 2. The number of para-hydroxylation sites is 2. The van der Waals surface area contributed by atoms with E-state index in [1.165, 1.54) is 11.8 Å². The lowest BCUT2D eigenvalue weighted by molar-refractivity contribution is -0.126. The zero-order valence-electron chi connectivity index (χ0n) is 22.0. The molecule has 7 nitrogen and oxygen atoms in total. The van der Waals surface area contributed by atoms with Crippen molar-refractivity contribution in [3.8, 4) is 0 Å². The van der Waals surface area contributed by atoms with E-state index >= 15 is 0 Å². The number of hydrogen-bond acceptors (Lipinski definition) is 5. The zero-order valence-corrected chi connectivity index (χ0v) is 23.6. The summed E-state index contributed by atoms with van der Waals surface area (Å²) >= 11 is 7.42. The molecule has 0 unspecified atom stereocenters. The fourth-order valence-corrected chi connectivity index (χ4v) is 6.08. The first-order valence-corrected chi connectivity index (χ1v) is 14.8. The molecular weight excluding hydrogens is 544 g/mol. The number of nitrogens with zero attached hydrogens (tertiary/aromatic N) is 2. The van der Waals surface area contributed by atoms with Gasteiger partial charge in [0.2, 0.25) is 11.8 Å². The molecule has 3 aromatic carbocycles. The fraction of sp³-hybridized carbons (Fsp3) is 0.290. The molecule has 2 N–H and O–H groups in total. The van der Waals surface area contributed by atoms with Crippen LogP contribution in [0.4, 0.5) is 5.69 Å². The predicted octanol–water partition coefficient (Wildman–Crippen LogP) is 5.90. The third-order valence-corrected chi connectivity index (χ3v) is 8.58. The molecule has 1 aromatic heterocycles. The molecule has 9 heteroatoms. The van der Waals surface area contributed by atoms with Crippen molar-refractivity contribution in [2.24, 2.45) is 11.8 Å². The monoisotopic (exact) mass is 574 g/mol. The van der Waals surface area contributed by atoms with Gasteiger partial charge in [0, 0.05) is 19.0 Å². The number of halogens is 1. The summed E-state index contributed by atoms with van der Waals surface area (Å²) in [6.07, 6.45) is 3.26. The zero-order chi connectivity index (χ0) is 27.9. The van der Waals surface area contributed by atoms with Crippen molar-refractivity contribution in [3.63, 3.8) is 0 Å². The molecule has 2 amide bonds. The number of fused-ring (bicyclic) bond motifs is 1. The molecule has 0 bridgehead atoms. The molecule has 1 aliphatic carbocycles. The van der Waals surface area contributed by atoms with Crippen LogP contribution < -0.4 is 16.2 Å². The van der Waals surface area contributed by atoms with Crippen molar-refractivity contribution < 1.29 is 9.59 Å². The van der Waals surface area contributed by atoms with Crippen LogP contribution in [-0.2, 0) is 22.7 Å². The molecule has 1 fully saturated rings. The molecule has 0 atom stereocenters. The van der Waals surface area contributed by atoms with Gasteiger partial charge >= 0.3 is 0 Å². The lowest BCUT2D eigenvalue weighted by Crippen LogP contribution is -2.34.